The van der Waals surface area contributed by atoms with Crippen LogP contribution in [0.4, 0.5) is 0 Å². The van der Waals surface area contributed by atoms with Gasteiger partial charge in [0.1, 0.15) is 6.04 Å². The highest BCUT2D eigenvalue weighted by Crippen LogP contribution is 2.23. The van der Waals surface area contributed by atoms with Gasteiger partial charge in [-0.1, -0.05) is 35.0 Å². The van der Waals surface area contributed by atoms with Crippen LogP contribution in [0.15, 0.2) is 28.8 Å². The quantitative estimate of drug-likeness (QED) is 0.922. The van der Waals surface area contributed by atoms with E-state index in [1.807, 2.05) is 31.2 Å². The molecule has 2 aromatic rings. The molecule has 1 aromatic heterocycles. The molecule has 6 heteroatoms. The Morgan fingerprint density at radius 1 is 1.25 bits per heavy atom. The Hall–Kier alpha value is -1.43. The van der Waals surface area contributed by atoms with E-state index in [0.717, 1.165) is 18.7 Å². The van der Waals surface area contributed by atoms with Crippen LogP contribution < -0.4 is 5.32 Å². The maximum atomic E-state index is 5.59. The highest BCUT2D eigenvalue weighted by atomic mass is 35.5. The molecule has 0 radical (unpaired) electrons. The predicted octanol–water partition coefficient (Wildman–Crippen LogP) is 2.52. The van der Waals surface area contributed by atoms with Gasteiger partial charge in [-0.05, 0) is 13.8 Å². The van der Waals surface area contributed by atoms with Gasteiger partial charge in [-0.15, -0.1) is 12.4 Å². The number of ether oxygens (including phenoxy) is 1. The number of nitrogens with zero attached hydrogens (tertiary/aromatic N) is 2. The lowest BCUT2D eigenvalue weighted by Gasteiger charge is -2.27. The molecule has 1 aliphatic heterocycles. The van der Waals surface area contributed by atoms with Crippen LogP contribution in [0.1, 0.15) is 24.4 Å². The minimum atomic E-state index is -0.0274. The summed E-state index contributed by atoms with van der Waals surface area (Å²) >= 11 is 0. The van der Waals surface area contributed by atoms with Crippen LogP contribution in [-0.4, -0.2) is 29.4 Å². The largest absolute Gasteiger partial charge is 0.375 e. The molecule has 0 unspecified atom stereocenters. The van der Waals surface area contributed by atoms with Gasteiger partial charge in [0.15, 0.2) is 0 Å². The van der Waals surface area contributed by atoms with Gasteiger partial charge in [0.05, 0.1) is 12.7 Å². The van der Waals surface area contributed by atoms with Crippen molar-refractivity contribution in [2.45, 2.75) is 26.0 Å². The average Bonchev–Trinajstić information content (AvgIpc) is 2.89. The number of nitrogens with one attached hydrogen (secondary N) is 1. The van der Waals surface area contributed by atoms with Crippen molar-refractivity contribution < 1.29 is 9.26 Å². The second kappa shape index (κ2) is 6.35. The summed E-state index contributed by atoms with van der Waals surface area (Å²) < 4.78 is 10.9. The van der Waals surface area contributed by atoms with E-state index in [4.69, 9.17) is 9.26 Å². The van der Waals surface area contributed by atoms with Crippen LogP contribution >= 0.6 is 12.4 Å². The first-order valence-electron chi connectivity index (χ1n) is 6.49. The van der Waals surface area contributed by atoms with Crippen LogP contribution in [0, 0.1) is 6.92 Å². The molecule has 5 nitrogen and oxygen atoms in total. The van der Waals surface area contributed by atoms with Crippen LogP contribution in [0.25, 0.3) is 11.4 Å². The number of aryl methyl sites for hydroxylation is 1. The number of benzene rings is 1. The third-order valence-corrected chi connectivity index (χ3v) is 3.33. The van der Waals surface area contributed by atoms with Gasteiger partial charge >= 0.3 is 0 Å². The number of morpholine rings is 1. The van der Waals surface area contributed by atoms with Gasteiger partial charge in [-0.25, -0.2) is 0 Å². The molecule has 2 atom stereocenters. The van der Waals surface area contributed by atoms with Crippen LogP contribution in [0.3, 0.4) is 0 Å². The molecule has 0 bridgehead atoms. The van der Waals surface area contributed by atoms with Crippen molar-refractivity contribution in [3.8, 4) is 11.4 Å². The van der Waals surface area contributed by atoms with E-state index in [0.29, 0.717) is 11.7 Å². The Bertz CT molecular complexity index is 556. The zero-order chi connectivity index (χ0) is 13.2. The maximum absolute atomic E-state index is 5.59. The van der Waals surface area contributed by atoms with E-state index in [1.165, 1.54) is 5.56 Å². The number of hydrogen-bond acceptors (Lipinski definition) is 5. The smallest absolute Gasteiger partial charge is 0.246 e. The number of hydrogen-bond donors (Lipinski definition) is 1. The van der Waals surface area contributed by atoms with E-state index in [9.17, 15) is 0 Å². The molecular weight excluding hydrogens is 278 g/mol. The predicted molar refractivity (Wildman–Crippen MR) is 77.9 cm³/mol. The fourth-order valence-electron chi connectivity index (χ4n) is 2.19. The fraction of sp³-hybridized carbons (Fsp3) is 0.429. The third kappa shape index (κ3) is 3.00. The van der Waals surface area contributed by atoms with Gasteiger partial charge in [0, 0.05) is 12.1 Å². The molecular formula is C14H18ClN3O2. The second-order valence-electron chi connectivity index (χ2n) is 4.83. The van der Waals surface area contributed by atoms with E-state index in [-0.39, 0.29) is 24.6 Å². The van der Waals surface area contributed by atoms with Crippen molar-refractivity contribution >= 4 is 12.4 Å². The SMILES string of the molecule is Cc1ccc(-c2noc([C@H]3NCCO[C@@H]3C)n2)cc1.Cl. The second-order valence-corrected chi connectivity index (χ2v) is 4.83. The van der Waals surface area contributed by atoms with E-state index in [2.05, 4.69) is 22.4 Å². The summed E-state index contributed by atoms with van der Waals surface area (Å²) in [5.41, 5.74) is 2.17. The monoisotopic (exact) mass is 295 g/mol. The number of rotatable bonds is 2. The van der Waals surface area contributed by atoms with Crippen molar-refractivity contribution in [2.75, 3.05) is 13.2 Å². The van der Waals surface area contributed by atoms with Gasteiger partial charge < -0.3 is 14.6 Å². The summed E-state index contributed by atoms with van der Waals surface area (Å²) in [5.74, 6) is 1.21. The molecule has 0 spiro atoms. The highest BCUT2D eigenvalue weighted by Gasteiger charge is 2.28. The Morgan fingerprint density at radius 2 is 2.00 bits per heavy atom. The van der Waals surface area contributed by atoms with E-state index in [1.54, 1.807) is 0 Å². The summed E-state index contributed by atoms with van der Waals surface area (Å²) in [5, 5.41) is 7.38. The average molecular weight is 296 g/mol. The van der Waals surface area contributed by atoms with Crippen molar-refractivity contribution in [3.63, 3.8) is 0 Å². The number of aromatic nitrogens is 2. The summed E-state index contributed by atoms with van der Waals surface area (Å²) in [4.78, 5) is 4.46. The molecule has 1 aromatic carbocycles. The molecule has 1 fully saturated rings. The minimum Gasteiger partial charge on any atom is -0.375 e. The van der Waals surface area contributed by atoms with Crippen molar-refractivity contribution in [1.82, 2.24) is 15.5 Å². The first-order chi connectivity index (χ1) is 9.24. The molecule has 3 rings (SSSR count). The highest BCUT2D eigenvalue weighted by molar-refractivity contribution is 5.85. The van der Waals surface area contributed by atoms with Crippen LogP contribution in [-0.2, 0) is 4.74 Å². The van der Waals surface area contributed by atoms with Crippen LogP contribution in [0.2, 0.25) is 0 Å². The topological polar surface area (TPSA) is 60.2 Å². The molecule has 1 aliphatic rings. The fourth-order valence-corrected chi connectivity index (χ4v) is 2.19. The standard InChI is InChI=1S/C14H17N3O2.ClH/c1-9-3-5-11(6-4-9)13-16-14(19-17-13)12-10(2)18-8-7-15-12;/h3-6,10,12,15H,7-8H2,1-2H3;1H/t10-,12+;/m1./s1. The summed E-state index contributed by atoms with van der Waals surface area (Å²) in [6.07, 6.45) is 0.0417. The molecule has 108 valence electrons. The first-order valence-corrected chi connectivity index (χ1v) is 6.49. The molecule has 0 aliphatic carbocycles. The normalized spacial score (nSPS) is 22.3. The van der Waals surface area contributed by atoms with Gasteiger partial charge in [-0.3, -0.25) is 0 Å². The lowest BCUT2D eigenvalue weighted by atomic mass is 10.1. The van der Waals surface area contributed by atoms with Crippen molar-refractivity contribution in [1.29, 1.82) is 0 Å². The molecule has 0 amide bonds. The molecule has 20 heavy (non-hydrogen) atoms. The van der Waals surface area contributed by atoms with Crippen molar-refractivity contribution in [2.24, 2.45) is 0 Å². The van der Waals surface area contributed by atoms with Gasteiger partial charge in [0.2, 0.25) is 11.7 Å². The number of halogens is 1. The summed E-state index contributed by atoms with van der Waals surface area (Å²) in [6, 6.07) is 8.04. The molecule has 0 saturated carbocycles. The Morgan fingerprint density at radius 3 is 2.70 bits per heavy atom. The van der Waals surface area contributed by atoms with E-state index >= 15 is 0 Å². The Balaban J connectivity index is 0.00000147. The first kappa shape index (κ1) is 15.0. The molecule has 1 saturated heterocycles. The molecule has 2 heterocycles. The Labute approximate surface area is 124 Å². The lowest BCUT2D eigenvalue weighted by molar-refractivity contribution is -0.00136. The van der Waals surface area contributed by atoms with Gasteiger partial charge in [0.25, 0.3) is 0 Å². The summed E-state index contributed by atoms with van der Waals surface area (Å²) in [7, 11) is 0. The van der Waals surface area contributed by atoms with Gasteiger partial charge in [-0.2, -0.15) is 4.98 Å². The minimum absolute atomic E-state index is 0. The Kier molecular flexibility index (Phi) is 4.75. The maximum Gasteiger partial charge on any atom is 0.246 e. The lowest BCUT2D eigenvalue weighted by Crippen LogP contribution is -2.40. The zero-order valence-corrected chi connectivity index (χ0v) is 12.3. The molecule has 1 N–H and O–H groups in total. The zero-order valence-electron chi connectivity index (χ0n) is 11.5. The summed E-state index contributed by atoms with van der Waals surface area (Å²) in [6.45, 7) is 5.58. The van der Waals surface area contributed by atoms with Crippen molar-refractivity contribution in [3.05, 3.63) is 35.7 Å². The van der Waals surface area contributed by atoms with E-state index < -0.39 is 0 Å². The third-order valence-electron chi connectivity index (χ3n) is 3.33. The van der Waals surface area contributed by atoms with Crippen LogP contribution in [0.5, 0.6) is 0 Å².